The minimum absolute atomic E-state index is 0.0310. The van der Waals surface area contributed by atoms with Gasteiger partial charge in [-0.25, -0.2) is 8.42 Å². The number of carbonyl (C=O) groups excluding carboxylic acids is 1. The van der Waals surface area contributed by atoms with Crippen LogP contribution in [0.15, 0.2) is 20.1 Å². The molecule has 2 rings (SSSR count). The van der Waals surface area contributed by atoms with Crippen LogP contribution in [-0.2, 0) is 19.6 Å². The lowest BCUT2D eigenvalue weighted by molar-refractivity contribution is -0.136. The summed E-state index contributed by atoms with van der Waals surface area (Å²) in [4.78, 5) is 13.3. The number of halogens is 1. The molecule has 0 radical (unpaired) electrons. The van der Waals surface area contributed by atoms with Crippen molar-refractivity contribution in [1.29, 1.82) is 0 Å². The van der Waals surface area contributed by atoms with E-state index in [0.29, 0.717) is 34.9 Å². The fraction of sp³-hybridized carbons (Fsp3) is 0.545. The van der Waals surface area contributed by atoms with Gasteiger partial charge in [-0.3, -0.25) is 4.79 Å². The summed E-state index contributed by atoms with van der Waals surface area (Å²) in [5.74, 6) is -0.109. The first-order valence-electron chi connectivity index (χ1n) is 5.96. The summed E-state index contributed by atoms with van der Waals surface area (Å²) < 4.78 is 32.0. The van der Waals surface area contributed by atoms with E-state index in [9.17, 15) is 13.2 Å². The number of nitrogens with zero attached hydrogens (tertiary/aromatic N) is 2. The summed E-state index contributed by atoms with van der Waals surface area (Å²) >= 11 is 4.44. The minimum Gasteiger partial charge on any atom is -0.375 e. The van der Waals surface area contributed by atoms with E-state index >= 15 is 0 Å². The number of rotatable bonds is 4. The first-order chi connectivity index (χ1) is 9.46. The first-order valence-corrected chi connectivity index (χ1v) is 9.08. The Morgan fingerprint density at radius 2 is 2.05 bits per heavy atom. The second kappa shape index (κ2) is 6.52. The number of carbonyl (C=O) groups is 1. The number of hydrogen-bond acceptors (Lipinski definition) is 5. The molecule has 0 atom stereocenters. The van der Waals surface area contributed by atoms with Gasteiger partial charge in [-0.2, -0.15) is 4.31 Å². The summed E-state index contributed by atoms with van der Waals surface area (Å²) in [6.45, 7) is 1.43. The fourth-order valence-electron chi connectivity index (χ4n) is 1.97. The van der Waals surface area contributed by atoms with Crippen molar-refractivity contribution in [3.05, 3.63) is 15.9 Å². The highest BCUT2D eigenvalue weighted by Crippen LogP contribution is 2.30. The molecule has 0 saturated carbocycles. The van der Waals surface area contributed by atoms with Gasteiger partial charge >= 0.3 is 0 Å². The smallest absolute Gasteiger partial charge is 0.253 e. The van der Waals surface area contributed by atoms with Gasteiger partial charge in [0.1, 0.15) is 10.8 Å². The summed E-state index contributed by atoms with van der Waals surface area (Å²) in [5.41, 5.74) is 0. The lowest BCUT2D eigenvalue weighted by Gasteiger charge is -2.33. The van der Waals surface area contributed by atoms with Crippen molar-refractivity contribution in [1.82, 2.24) is 9.21 Å². The van der Waals surface area contributed by atoms with Crippen LogP contribution in [0.3, 0.4) is 0 Å². The van der Waals surface area contributed by atoms with Crippen molar-refractivity contribution in [2.24, 2.45) is 0 Å². The van der Waals surface area contributed by atoms with E-state index in [4.69, 9.17) is 4.74 Å². The molecule has 9 heteroatoms. The standard InChI is InChI=1S/C11H15BrN2O4S2/c1-18-8-10(15)13-3-5-14(6-4-13)20(16,17)11-9(12)2-7-19-11/h2,7H,3-6,8H2,1H3. The molecule has 0 spiro atoms. The molecular formula is C11H15BrN2O4S2. The lowest BCUT2D eigenvalue weighted by Crippen LogP contribution is -2.51. The van der Waals surface area contributed by atoms with Crippen LogP contribution in [0, 0.1) is 0 Å². The van der Waals surface area contributed by atoms with Crippen LogP contribution in [0.4, 0.5) is 0 Å². The largest absolute Gasteiger partial charge is 0.375 e. The molecule has 0 N–H and O–H groups in total. The Hall–Kier alpha value is -0.480. The van der Waals surface area contributed by atoms with E-state index < -0.39 is 10.0 Å². The Bertz CT molecular complexity index is 579. The molecular weight excluding hydrogens is 368 g/mol. The molecule has 1 aromatic heterocycles. The van der Waals surface area contributed by atoms with Crippen molar-refractivity contribution in [2.75, 3.05) is 39.9 Å². The van der Waals surface area contributed by atoms with E-state index in [-0.39, 0.29) is 12.5 Å². The third-order valence-corrected chi connectivity index (χ3v) is 7.56. The van der Waals surface area contributed by atoms with Gasteiger partial charge in [-0.15, -0.1) is 11.3 Å². The molecule has 0 aliphatic carbocycles. The molecule has 2 heterocycles. The molecule has 1 amide bonds. The van der Waals surface area contributed by atoms with Crippen molar-refractivity contribution in [3.63, 3.8) is 0 Å². The number of methoxy groups -OCH3 is 1. The Labute approximate surface area is 130 Å². The molecule has 1 aliphatic rings. The summed E-state index contributed by atoms with van der Waals surface area (Å²) in [7, 11) is -2.01. The average molecular weight is 383 g/mol. The zero-order chi connectivity index (χ0) is 14.8. The van der Waals surface area contributed by atoms with Crippen molar-refractivity contribution in [2.45, 2.75) is 4.21 Å². The Balaban J connectivity index is 2.04. The molecule has 112 valence electrons. The third-order valence-electron chi connectivity index (χ3n) is 3.02. The third kappa shape index (κ3) is 3.22. The molecule has 1 aliphatic heterocycles. The van der Waals surface area contributed by atoms with Crippen LogP contribution in [0.5, 0.6) is 0 Å². The number of ether oxygens (including phenoxy) is 1. The van der Waals surface area contributed by atoms with Gasteiger partial charge in [0.2, 0.25) is 5.91 Å². The Morgan fingerprint density at radius 1 is 1.40 bits per heavy atom. The van der Waals surface area contributed by atoms with Gasteiger partial charge in [-0.1, -0.05) is 0 Å². The number of piperazine rings is 1. The maximum absolute atomic E-state index is 12.4. The van der Waals surface area contributed by atoms with E-state index in [1.54, 1.807) is 16.3 Å². The SMILES string of the molecule is COCC(=O)N1CCN(S(=O)(=O)c2sccc2Br)CC1. The van der Waals surface area contributed by atoms with Crippen molar-refractivity contribution < 1.29 is 17.9 Å². The van der Waals surface area contributed by atoms with Crippen LogP contribution < -0.4 is 0 Å². The van der Waals surface area contributed by atoms with Crippen LogP contribution in [0.25, 0.3) is 0 Å². The van der Waals surface area contributed by atoms with Gasteiger partial charge < -0.3 is 9.64 Å². The molecule has 1 aromatic rings. The number of hydrogen-bond donors (Lipinski definition) is 0. The Morgan fingerprint density at radius 3 is 2.55 bits per heavy atom. The minimum atomic E-state index is -3.48. The van der Waals surface area contributed by atoms with Gasteiger partial charge in [0.15, 0.2) is 0 Å². The van der Waals surface area contributed by atoms with Crippen molar-refractivity contribution >= 4 is 43.2 Å². The van der Waals surface area contributed by atoms with Gasteiger partial charge in [0, 0.05) is 37.8 Å². The summed E-state index contributed by atoms with van der Waals surface area (Å²) in [5, 5.41) is 1.73. The fourth-order valence-corrected chi connectivity index (χ4v) is 5.85. The van der Waals surface area contributed by atoms with E-state index in [2.05, 4.69) is 15.9 Å². The zero-order valence-electron chi connectivity index (χ0n) is 10.9. The second-order valence-electron chi connectivity index (χ2n) is 4.27. The monoisotopic (exact) mass is 382 g/mol. The molecule has 6 nitrogen and oxygen atoms in total. The van der Waals surface area contributed by atoms with Gasteiger partial charge in [0.25, 0.3) is 10.0 Å². The predicted octanol–water partition coefficient (Wildman–Crippen LogP) is 0.990. The van der Waals surface area contributed by atoms with Crippen LogP contribution in [0.1, 0.15) is 0 Å². The van der Waals surface area contributed by atoms with Crippen LogP contribution >= 0.6 is 27.3 Å². The van der Waals surface area contributed by atoms with Crippen LogP contribution in [0.2, 0.25) is 0 Å². The van der Waals surface area contributed by atoms with Crippen molar-refractivity contribution in [3.8, 4) is 0 Å². The van der Waals surface area contributed by atoms with Gasteiger partial charge in [0.05, 0.1) is 0 Å². The number of amides is 1. The number of sulfonamides is 1. The highest BCUT2D eigenvalue weighted by molar-refractivity contribution is 9.10. The highest BCUT2D eigenvalue weighted by Gasteiger charge is 2.31. The maximum Gasteiger partial charge on any atom is 0.253 e. The van der Waals surface area contributed by atoms with Gasteiger partial charge in [-0.05, 0) is 27.4 Å². The molecule has 0 aromatic carbocycles. The Kier molecular flexibility index (Phi) is 5.19. The maximum atomic E-state index is 12.4. The average Bonchev–Trinajstić information content (AvgIpc) is 2.86. The first kappa shape index (κ1) is 15.9. The topological polar surface area (TPSA) is 66.9 Å². The molecule has 1 fully saturated rings. The van der Waals surface area contributed by atoms with E-state index in [1.807, 2.05) is 0 Å². The molecule has 20 heavy (non-hydrogen) atoms. The highest BCUT2D eigenvalue weighted by atomic mass is 79.9. The number of thiophene rings is 1. The normalized spacial score (nSPS) is 17.4. The zero-order valence-corrected chi connectivity index (χ0v) is 14.1. The quantitative estimate of drug-likeness (QED) is 0.778. The van der Waals surface area contributed by atoms with Crippen LogP contribution in [-0.4, -0.2) is 63.4 Å². The predicted molar refractivity (Wildman–Crippen MR) is 79.2 cm³/mol. The molecule has 0 bridgehead atoms. The summed E-state index contributed by atoms with van der Waals surface area (Å²) in [6.07, 6.45) is 0. The van der Waals surface area contributed by atoms with E-state index in [1.165, 1.54) is 22.8 Å². The molecule has 1 saturated heterocycles. The summed E-state index contributed by atoms with van der Waals surface area (Å²) in [6, 6.07) is 1.72. The second-order valence-corrected chi connectivity index (χ2v) is 8.18. The lowest BCUT2D eigenvalue weighted by atomic mass is 10.3. The molecule has 0 unspecified atom stereocenters. The van der Waals surface area contributed by atoms with E-state index in [0.717, 1.165) is 0 Å².